The van der Waals surface area contributed by atoms with E-state index in [1.54, 1.807) is 11.9 Å². The van der Waals surface area contributed by atoms with Crippen molar-refractivity contribution in [3.05, 3.63) is 0 Å². The van der Waals surface area contributed by atoms with Crippen LogP contribution in [0.5, 0.6) is 0 Å². The fourth-order valence-electron chi connectivity index (χ4n) is 3.20. The SMILES string of the molecule is CN(C(=O)OC(C)(C)C)C12CC(COS(C)(=O)=O)(C1)C2. The number of rotatable bonds is 4. The average Bonchev–Trinajstić information content (AvgIpc) is 2.08. The lowest BCUT2D eigenvalue weighted by atomic mass is 9.39. The second-order valence-electron chi connectivity index (χ2n) is 7.26. The monoisotopic (exact) mass is 305 g/mol. The van der Waals surface area contributed by atoms with Gasteiger partial charge in [-0.1, -0.05) is 0 Å². The van der Waals surface area contributed by atoms with E-state index in [1.165, 1.54) is 0 Å². The Hall–Kier alpha value is -0.820. The summed E-state index contributed by atoms with van der Waals surface area (Å²) in [5, 5.41) is 0. The zero-order valence-electron chi connectivity index (χ0n) is 12.7. The molecule has 3 saturated carbocycles. The number of ether oxygens (including phenoxy) is 1. The number of carbonyl (C=O) groups is 1. The molecule has 0 radical (unpaired) electrons. The van der Waals surface area contributed by atoms with Crippen LogP contribution in [-0.2, 0) is 19.0 Å². The van der Waals surface area contributed by atoms with E-state index in [2.05, 4.69) is 0 Å². The molecule has 116 valence electrons. The van der Waals surface area contributed by atoms with Gasteiger partial charge in [-0.25, -0.2) is 4.79 Å². The van der Waals surface area contributed by atoms with Crippen molar-refractivity contribution in [1.82, 2.24) is 4.90 Å². The predicted molar refractivity (Wildman–Crippen MR) is 73.8 cm³/mol. The van der Waals surface area contributed by atoms with E-state index in [0.29, 0.717) is 0 Å². The molecule has 1 amide bonds. The van der Waals surface area contributed by atoms with Crippen molar-refractivity contribution in [2.45, 2.75) is 51.2 Å². The van der Waals surface area contributed by atoms with Gasteiger partial charge in [0, 0.05) is 18.0 Å². The molecule has 2 bridgehead atoms. The van der Waals surface area contributed by atoms with Crippen LogP contribution in [0, 0.1) is 5.41 Å². The van der Waals surface area contributed by atoms with Gasteiger partial charge in [-0.2, -0.15) is 8.42 Å². The molecule has 3 aliphatic carbocycles. The maximum atomic E-state index is 12.0. The van der Waals surface area contributed by atoms with Gasteiger partial charge in [-0.05, 0) is 40.0 Å². The average molecular weight is 305 g/mol. The van der Waals surface area contributed by atoms with E-state index in [9.17, 15) is 13.2 Å². The number of nitrogens with zero attached hydrogens (tertiary/aromatic N) is 1. The summed E-state index contributed by atoms with van der Waals surface area (Å²) in [4.78, 5) is 13.7. The van der Waals surface area contributed by atoms with Gasteiger partial charge in [0.05, 0.1) is 12.9 Å². The van der Waals surface area contributed by atoms with E-state index in [-0.39, 0.29) is 23.7 Å². The summed E-state index contributed by atoms with van der Waals surface area (Å²) in [6, 6.07) is 0. The summed E-state index contributed by atoms with van der Waals surface area (Å²) < 4.78 is 32.2. The zero-order valence-corrected chi connectivity index (χ0v) is 13.5. The normalized spacial score (nSPS) is 32.0. The molecule has 0 aromatic rings. The summed E-state index contributed by atoms with van der Waals surface area (Å²) >= 11 is 0. The highest BCUT2D eigenvalue weighted by Crippen LogP contribution is 2.69. The quantitative estimate of drug-likeness (QED) is 0.740. The first-order valence-electron chi connectivity index (χ1n) is 6.68. The van der Waals surface area contributed by atoms with Crippen molar-refractivity contribution < 1.29 is 22.1 Å². The summed E-state index contributed by atoms with van der Waals surface area (Å²) in [5.74, 6) is 0. The molecule has 7 heteroatoms. The van der Waals surface area contributed by atoms with Crippen LogP contribution in [0.1, 0.15) is 40.0 Å². The first-order valence-corrected chi connectivity index (χ1v) is 8.50. The van der Waals surface area contributed by atoms with Gasteiger partial charge in [0.25, 0.3) is 10.1 Å². The van der Waals surface area contributed by atoms with Gasteiger partial charge in [0.1, 0.15) is 5.60 Å². The topological polar surface area (TPSA) is 72.9 Å². The highest BCUT2D eigenvalue weighted by Gasteiger charge is 2.71. The Labute approximate surface area is 120 Å². The first kappa shape index (κ1) is 15.6. The van der Waals surface area contributed by atoms with E-state index in [1.807, 2.05) is 20.8 Å². The van der Waals surface area contributed by atoms with Crippen LogP contribution in [0.3, 0.4) is 0 Å². The highest BCUT2D eigenvalue weighted by molar-refractivity contribution is 7.85. The lowest BCUT2D eigenvalue weighted by molar-refractivity contribution is -0.217. The molecule has 0 aromatic heterocycles. The first-order chi connectivity index (χ1) is 8.87. The molecule has 20 heavy (non-hydrogen) atoms. The van der Waals surface area contributed by atoms with Gasteiger partial charge in [-0.15, -0.1) is 0 Å². The second-order valence-corrected chi connectivity index (χ2v) is 8.90. The third-order valence-electron chi connectivity index (χ3n) is 4.07. The molecule has 3 fully saturated rings. The molecule has 3 rings (SSSR count). The van der Waals surface area contributed by atoms with E-state index in [0.717, 1.165) is 25.5 Å². The van der Waals surface area contributed by atoms with Gasteiger partial charge in [0.15, 0.2) is 0 Å². The van der Waals surface area contributed by atoms with Crippen LogP contribution >= 0.6 is 0 Å². The Balaban J connectivity index is 1.86. The Bertz CT molecular complexity index is 500. The molecule has 0 N–H and O–H groups in total. The molecule has 3 aliphatic rings. The maximum Gasteiger partial charge on any atom is 0.410 e. The minimum atomic E-state index is -3.39. The van der Waals surface area contributed by atoms with Gasteiger partial charge in [-0.3, -0.25) is 4.18 Å². The molecular weight excluding hydrogens is 282 g/mol. The smallest absolute Gasteiger partial charge is 0.410 e. The number of carbonyl (C=O) groups excluding carboxylic acids is 1. The Morgan fingerprint density at radius 3 is 2.15 bits per heavy atom. The zero-order chi connectivity index (χ0) is 15.4. The standard InChI is InChI=1S/C13H23NO5S/c1-11(2,3)19-10(15)14(4)13-6-12(7-13,8-13)9-18-20(5,16)17/h6-9H2,1-5H3. The summed E-state index contributed by atoms with van der Waals surface area (Å²) in [5.41, 5.74) is -0.742. The van der Waals surface area contributed by atoms with Crippen molar-refractivity contribution >= 4 is 16.2 Å². The van der Waals surface area contributed by atoms with Crippen molar-refractivity contribution in [2.24, 2.45) is 5.41 Å². The third-order valence-corrected chi connectivity index (χ3v) is 4.62. The molecule has 0 atom stereocenters. The van der Waals surface area contributed by atoms with Crippen molar-refractivity contribution in [2.75, 3.05) is 19.9 Å². The lowest BCUT2D eigenvalue weighted by Crippen LogP contribution is -2.76. The number of hydrogen-bond donors (Lipinski definition) is 0. The summed E-state index contributed by atoms with van der Waals surface area (Å²) in [6.45, 7) is 5.72. The van der Waals surface area contributed by atoms with Crippen LogP contribution in [-0.4, -0.2) is 50.5 Å². The summed E-state index contributed by atoms with van der Waals surface area (Å²) in [7, 11) is -1.65. The van der Waals surface area contributed by atoms with Gasteiger partial charge >= 0.3 is 6.09 Å². The van der Waals surface area contributed by atoms with Crippen molar-refractivity contribution in [3.63, 3.8) is 0 Å². The highest BCUT2D eigenvalue weighted by atomic mass is 32.2. The Morgan fingerprint density at radius 2 is 1.75 bits per heavy atom. The molecule has 6 nitrogen and oxygen atoms in total. The largest absolute Gasteiger partial charge is 0.444 e. The minimum absolute atomic E-state index is 0.0701. The van der Waals surface area contributed by atoms with Crippen LogP contribution in [0.2, 0.25) is 0 Å². The fraction of sp³-hybridized carbons (Fsp3) is 0.923. The van der Waals surface area contributed by atoms with Gasteiger partial charge < -0.3 is 9.64 Å². The molecular formula is C13H23NO5S. The Kier molecular flexibility index (Phi) is 3.37. The molecule has 0 unspecified atom stereocenters. The Morgan fingerprint density at radius 1 is 1.25 bits per heavy atom. The van der Waals surface area contributed by atoms with E-state index in [4.69, 9.17) is 8.92 Å². The molecule has 0 aliphatic heterocycles. The van der Waals surface area contributed by atoms with Crippen molar-refractivity contribution in [3.8, 4) is 0 Å². The van der Waals surface area contributed by atoms with Gasteiger partial charge in [0.2, 0.25) is 0 Å². The maximum absolute atomic E-state index is 12.0. The molecule has 0 saturated heterocycles. The van der Waals surface area contributed by atoms with Crippen LogP contribution in [0.25, 0.3) is 0 Å². The third kappa shape index (κ3) is 2.93. The minimum Gasteiger partial charge on any atom is -0.444 e. The van der Waals surface area contributed by atoms with Crippen LogP contribution in [0.4, 0.5) is 4.79 Å². The van der Waals surface area contributed by atoms with E-state index < -0.39 is 15.7 Å². The fourth-order valence-corrected chi connectivity index (χ4v) is 3.67. The molecule has 0 spiro atoms. The second kappa shape index (κ2) is 4.34. The summed E-state index contributed by atoms with van der Waals surface area (Å²) in [6.07, 6.45) is 3.08. The number of hydrogen-bond acceptors (Lipinski definition) is 5. The predicted octanol–water partition coefficient (Wildman–Crippen LogP) is 1.75. The van der Waals surface area contributed by atoms with Crippen LogP contribution < -0.4 is 0 Å². The van der Waals surface area contributed by atoms with Crippen LogP contribution in [0.15, 0.2) is 0 Å². The van der Waals surface area contributed by atoms with Crippen molar-refractivity contribution in [1.29, 1.82) is 0 Å². The number of amides is 1. The lowest BCUT2D eigenvalue weighted by Gasteiger charge is -2.72. The molecule has 0 heterocycles. The van der Waals surface area contributed by atoms with E-state index >= 15 is 0 Å². The molecule has 0 aromatic carbocycles.